The van der Waals surface area contributed by atoms with Gasteiger partial charge >= 0.3 is 0 Å². The second kappa shape index (κ2) is 10.00. The van der Waals surface area contributed by atoms with Crippen molar-refractivity contribution in [3.05, 3.63) is 41.8 Å². The van der Waals surface area contributed by atoms with Crippen LogP contribution >= 0.6 is 11.6 Å². The number of hydrogen-bond donors (Lipinski definition) is 4. The van der Waals surface area contributed by atoms with Crippen LogP contribution in [0.25, 0.3) is 22.2 Å². The molecule has 0 radical (unpaired) electrons. The van der Waals surface area contributed by atoms with E-state index in [9.17, 15) is 4.79 Å². The van der Waals surface area contributed by atoms with Crippen LogP contribution in [0.15, 0.2) is 36.7 Å². The van der Waals surface area contributed by atoms with Crippen molar-refractivity contribution in [2.75, 3.05) is 25.0 Å². The van der Waals surface area contributed by atoms with Crippen molar-refractivity contribution in [1.82, 2.24) is 25.2 Å². The highest BCUT2D eigenvalue weighted by atomic mass is 35.5. The van der Waals surface area contributed by atoms with E-state index in [0.717, 1.165) is 60.2 Å². The Kier molecular flexibility index (Phi) is 6.58. The van der Waals surface area contributed by atoms with E-state index in [-0.39, 0.29) is 11.9 Å². The van der Waals surface area contributed by atoms with Crippen LogP contribution in [0.1, 0.15) is 38.5 Å². The van der Waals surface area contributed by atoms with E-state index in [1.807, 2.05) is 18.3 Å². The average molecular weight is 508 g/mol. The van der Waals surface area contributed by atoms with Crippen LogP contribution in [-0.4, -0.2) is 63.5 Å². The molecule has 1 amide bonds. The molecule has 0 spiro atoms. The third kappa shape index (κ3) is 4.82. The molecule has 1 aliphatic carbocycles. The molecule has 190 valence electrons. The zero-order chi connectivity index (χ0) is 24.6. The van der Waals surface area contributed by atoms with Gasteiger partial charge < -0.3 is 26.3 Å². The zero-order valence-corrected chi connectivity index (χ0v) is 21.2. The molecular weight excluding hydrogens is 474 g/mol. The molecule has 3 saturated heterocycles. The first kappa shape index (κ1) is 23.7. The lowest BCUT2D eigenvalue weighted by Crippen LogP contribution is -2.60. The number of carbonyl (C=O) groups excluding carboxylic acids is 1. The molecule has 0 aromatic carbocycles. The van der Waals surface area contributed by atoms with Crippen molar-refractivity contribution in [2.24, 2.45) is 17.6 Å². The molecule has 4 aliphatic rings. The average Bonchev–Trinajstić information content (AvgIpc) is 3.33. The van der Waals surface area contributed by atoms with Gasteiger partial charge in [-0.25, -0.2) is 9.97 Å². The summed E-state index contributed by atoms with van der Waals surface area (Å²) in [5, 5.41) is 8.80. The number of H-pyrrole nitrogens is 1. The van der Waals surface area contributed by atoms with Crippen LogP contribution in [0, 0.1) is 11.8 Å². The largest absolute Gasteiger partial charge is 0.368 e. The predicted octanol–water partition coefficient (Wildman–Crippen LogP) is 3.79. The first-order valence-corrected chi connectivity index (χ1v) is 13.6. The lowest BCUT2D eigenvalue weighted by Gasteiger charge is -2.48. The summed E-state index contributed by atoms with van der Waals surface area (Å²) in [6, 6.07) is 8.35. The van der Waals surface area contributed by atoms with Crippen LogP contribution in [0.5, 0.6) is 0 Å². The number of piperidine rings is 3. The van der Waals surface area contributed by atoms with Gasteiger partial charge in [0.15, 0.2) is 0 Å². The number of carbonyl (C=O) groups is 1. The summed E-state index contributed by atoms with van der Waals surface area (Å²) < 4.78 is 0. The number of nitrogens with zero attached hydrogens (tertiary/aromatic N) is 3. The van der Waals surface area contributed by atoms with Gasteiger partial charge in [-0.15, -0.1) is 0 Å². The Morgan fingerprint density at radius 2 is 1.92 bits per heavy atom. The van der Waals surface area contributed by atoms with E-state index in [2.05, 4.69) is 42.6 Å². The highest BCUT2D eigenvalue weighted by Gasteiger charge is 2.41. The standard InChI is InChI=1S/C27H34ClN7O/c28-23-12-17(21-14-31-27-20(21)2-1-9-30-27)13-24(34-23)32-18-3-5-19(6-4-18)33-25(26(29)36)22-15-35-10-7-16(22)8-11-35/h1-2,9,12-14,16,18-19,22,25,33H,3-8,10-11,15H2,(H2,29,36)(H,30,31)(H,32,34)/t18-,19-,22?,25?. The number of fused-ring (bicyclic) bond motifs is 4. The smallest absolute Gasteiger partial charge is 0.234 e. The molecule has 7 rings (SSSR count). The molecule has 3 aromatic rings. The SMILES string of the molecule is NC(=O)C(N[C@H]1CC[C@H](Nc2cc(-c3c[nH]c4ncccc34)cc(Cl)n2)CC1)C1CN2CCC1CC2. The summed E-state index contributed by atoms with van der Waals surface area (Å²) in [4.78, 5) is 27.0. The van der Waals surface area contributed by atoms with Gasteiger partial charge in [-0.05, 0) is 93.3 Å². The van der Waals surface area contributed by atoms with Crippen molar-refractivity contribution in [3.63, 3.8) is 0 Å². The Hall–Kier alpha value is -2.68. The number of nitrogens with two attached hydrogens (primary N) is 1. The van der Waals surface area contributed by atoms with Gasteiger partial charge in [0.25, 0.3) is 0 Å². The van der Waals surface area contributed by atoms with Gasteiger partial charge in [-0.2, -0.15) is 0 Å². The first-order chi connectivity index (χ1) is 17.5. The maximum atomic E-state index is 12.4. The third-order valence-electron chi connectivity index (χ3n) is 8.49. The number of anilines is 1. The number of rotatable bonds is 7. The summed E-state index contributed by atoms with van der Waals surface area (Å²) in [5.41, 5.74) is 8.81. The number of amides is 1. The van der Waals surface area contributed by atoms with Gasteiger partial charge in [0.05, 0.1) is 6.04 Å². The summed E-state index contributed by atoms with van der Waals surface area (Å²) >= 11 is 6.41. The first-order valence-electron chi connectivity index (χ1n) is 13.2. The Bertz CT molecular complexity index is 1230. The highest BCUT2D eigenvalue weighted by Crippen LogP contribution is 2.35. The second-order valence-electron chi connectivity index (χ2n) is 10.7. The minimum absolute atomic E-state index is 0.197. The molecule has 2 atom stereocenters. The molecule has 5 N–H and O–H groups in total. The van der Waals surface area contributed by atoms with Crippen LogP contribution in [0.4, 0.5) is 5.82 Å². The summed E-state index contributed by atoms with van der Waals surface area (Å²) in [7, 11) is 0. The van der Waals surface area contributed by atoms with E-state index < -0.39 is 0 Å². The Balaban J connectivity index is 1.09. The summed E-state index contributed by atoms with van der Waals surface area (Å²) in [6.07, 6.45) is 10.1. The number of aromatic nitrogens is 3. The van der Waals surface area contributed by atoms with E-state index >= 15 is 0 Å². The van der Waals surface area contributed by atoms with Crippen molar-refractivity contribution in [3.8, 4) is 11.1 Å². The molecule has 4 fully saturated rings. The molecule has 2 bridgehead atoms. The fourth-order valence-electron chi connectivity index (χ4n) is 6.59. The second-order valence-corrected chi connectivity index (χ2v) is 11.1. The van der Waals surface area contributed by atoms with Gasteiger partial charge in [-0.1, -0.05) is 11.6 Å². The molecule has 1 saturated carbocycles. The van der Waals surface area contributed by atoms with Crippen molar-refractivity contribution >= 4 is 34.4 Å². The molecule has 3 aliphatic heterocycles. The monoisotopic (exact) mass is 507 g/mol. The molecule has 2 unspecified atom stereocenters. The van der Waals surface area contributed by atoms with Gasteiger partial charge in [0.2, 0.25) is 5.91 Å². The Morgan fingerprint density at radius 3 is 2.64 bits per heavy atom. The number of hydrogen-bond acceptors (Lipinski definition) is 6. The minimum atomic E-state index is -0.226. The lowest BCUT2D eigenvalue weighted by atomic mass is 9.74. The lowest BCUT2D eigenvalue weighted by molar-refractivity contribution is -0.124. The normalized spacial score (nSPS) is 28.8. The van der Waals surface area contributed by atoms with Crippen molar-refractivity contribution in [1.29, 1.82) is 0 Å². The molecule has 36 heavy (non-hydrogen) atoms. The van der Waals surface area contributed by atoms with Crippen molar-refractivity contribution < 1.29 is 4.79 Å². The molecule has 3 aromatic heterocycles. The Morgan fingerprint density at radius 1 is 1.14 bits per heavy atom. The predicted molar refractivity (Wildman–Crippen MR) is 143 cm³/mol. The van der Waals surface area contributed by atoms with Gasteiger partial charge in [0, 0.05) is 42.0 Å². The zero-order valence-electron chi connectivity index (χ0n) is 20.4. The summed E-state index contributed by atoms with van der Waals surface area (Å²) in [5.74, 6) is 1.55. The van der Waals surface area contributed by atoms with E-state index in [0.29, 0.717) is 29.1 Å². The van der Waals surface area contributed by atoms with Gasteiger partial charge in [0.1, 0.15) is 16.6 Å². The fraction of sp³-hybridized carbons (Fsp3) is 0.519. The minimum Gasteiger partial charge on any atom is -0.368 e. The van der Waals surface area contributed by atoms with Crippen LogP contribution in [0.3, 0.4) is 0 Å². The van der Waals surface area contributed by atoms with Crippen LogP contribution in [0.2, 0.25) is 5.15 Å². The molecule has 6 heterocycles. The third-order valence-corrected chi connectivity index (χ3v) is 8.69. The number of primary amides is 1. The molecular formula is C27H34ClN7O. The maximum absolute atomic E-state index is 12.4. The quantitative estimate of drug-likeness (QED) is 0.362. The molecule has 8 nitrogen and oxygen atoms in total. The molecule has 9 heteroatoms. The van der Waals surface area contributed by atoms with Gasteiger partial charge in [-0.3, -0.25) is 4.79 Å². The van der Waals surface area contributed by atoms with Crippen molar-refractivity contribution in [2.45, 2.75) is 56.7 Å². The number of pyridine rings is 2. The topological polar surface area (TPSA) is 112 Å². The van der Waals surface area contributed by atoms with Crippen LogP contribution in [-0.2, 0) is 4.79 Å². The fourth-order valence-corrected chi connectivity index (χ4v) is 6.80. The number of halogens is 1. The Labute approximate surface area is 216 Å². The number of aromatic amines is 1. The highest BCUT2D eigenvalue weighted by molar-refractivity contribution is 6.29. The van der Waals surface area contributed by atoms with E-state index in [1.165, 1.54) is 25.9 Å². The maximum Gasteiger partial charge on any atom is 0.234 e. The number of nitrogens with one attached hydrogen (secondary N) is 3. The summed E-state index contributed by atoms with van der Waals surface area (Å²) in [6.45, 7) is 3.33. The van der Waals surface area contributed by atoms with Crippen LogP contribution < -0.4 is 16.4 Å². The van der Waals surface area contributed by atoms with E-state index in [1.54, 1.807) is 6.20 Å². The van der Waals surface area contributed by atoms with E-state index in [4.69, 9.17) is 17.3 Å².